The molecule has 0 spiro atoms. The second-order valence-electron chi connectivity index (χ2n) is 7.31. The van der Waals surface area contributed by atoms with Crippen LogP contribution >= 0.6 is 0 Å². The third-order valence-electron chi connectivity index (χ3n) is 5.46. The molecule has 0 atom stereocenters. The summed E-state index contributed by atoms with van der Waals surface area (Å²) in [4.78, 5) is 0. The number of hydrogen-bond donors (Lipinski definition) is 0. The molecular formula is C24H21F3. The van der Waals surface area contributed by atoms with E-state index >= 15 is 0 Å². The van der Waals surface area contributed by atoms with E-state index in [9.17, 15) is 13.2 Å². The Bertz CT molecular complexity index is 918. The molecule has 0 aromatic heterocycles. The zero-order chi connectivity index (χ0) is 18.8. The Morgan fingerprint density at radius 3 is 1.85 bits per heavy atom. The molecular weight excluding hydrogens is 345 g/mol. The van der Waals surface area contributed by atoms with Gasteiger partial charge in [-0.25, -0.2) is 13.2 Å². The van der Waals surface area contributed by atoms with E-state index in [4.69, 9.17) is 0 Å². The van der Waals surface area contributed by atoms with Gasteiger partial charge in [-0.3, -0.25) is 0 Å². The lowest BCUT2D eigenvalue weighted by Crippen LogP contribution is -2.04. The summed E-state index contributed by atoms with van der Waals surface area (Å²) in [6.45, 7) is 0. The standard InChI is InChI=1S/C24H21F3/c25-21-12-20(13-22(26)15-21)23-11-10-19(14-24(23)27)18-8-6-17(7-9-18)16-4-2-1-3-5-16/h6-16H,1-5H2. The normalized spacial score (nSPS) is 15.1. The highest BCUT2D eigenvalue weighted by molar-refractivity contribution is 5.71. The van der Waals surface area contributed by atoms with Crippen LogP contribution < -0.4 is 0 Å². The van der Waals surface area contributed by atoms with E-state index in [0.717, 1.165) is 29.3 Å². The van der Waals surface area contributed by atoms with Crippen molar-refractivity contribution in [1.82, 2.24) is 0 Å². The van der Waals surface area contributed by atoms with E-state index in [1.807, 2.05) is 12.1 Å². The van der Waals surface area contributed by atoms with Crippen molar-refractivity contribution in [2.24, 2.45) is 0 Å². The van der Waals surface area contributed by atoms with Gasteiger partial charge in [-0.2, -0.15) is 0 Å². The highest BCUT2D eigenvalue weighted by Gasteiger charge is 2.15. The van der Waals surface area contributed by atoms with Gasteiger partial charge in [0.2, 0.25) is 0 Å². The topological polar surface area (TPSA) is 0 Å². The number of halogens is 3. The second-order valence-corrected chi connectivity index (χ2v) is 7.31. The van der Waals surface area contributed by atoms with Gasteiger partial charge in [-0.1, -0.05) is 55.7 Å². The lowest BCUT2D eigenvalue weighted by atomic mass is 9.83. The Kier molecular flexibility index (Phi) is 5.02. The molecule has 0 radical (unpaired) electrons. The first-order valence-electron chi connectivity index (χ1n) is 9.46. The summed E-state index contributed by atoms with van der Waals surface area (Å²) in [5, 5.41) is 0. The van der Waals surface area contributed by atoms with Gasteiger partial charge in [0, 0.05) is 11.6 Å². The molecule has 0 aliphatic heterocycles. The fraction of sp³-hybridized carbons (Fsp3) is 0.250. The van der Waals surface area contributed by atoms with E-state index in [2.05, 4.69) is 12.1 Å². The average Bonchev–Trinajstić information content (AvgIpc) is 2.68. The lowest BCUT2D eigenvalue weighted by molar-refractivity contribution is 0.443. The van der Waals surface area contributed by atoms with Crippen LogP contribution in [0.3, 0.4) is 0 Å². The van der Waals surface area contributed by atoms with Gasteiger partial charge in [0.1, 0.15) is 17.5 Å². The van der Waals surface area contributed by atoms with Crippen molar-refractivity contribution in [2.45, 2.75) is 38.0 Å². The maximum atomic E-state index is 14.6. The summed E-state index contributed by atoms with van der Waals surface area (Å²) in [5.41, 5.74) is 3.43. The summed E-state index contributed by atoms with van der Waals surface area (Å²) in [6, 6.07) is 16.2. The summed E-state index contributed by atoms with van der Waals surface area (Å²) in [5.74, 6) is -1.29. The van der Waals surface area contributed by atoms with Crippen LogP contribution in [0, 0.1) is 17.5 Å². The van der Waals surface area contributed by atoms with Gasteiger partial charge in [0.25, 0.3) is 0 Å². The lowest BCUT2D eigenvalue weighted by Gasteiger charge is -2.22. The van der Waals surface area contributed by atoms with Crippen molar-refractivity contribution in [1.29, 1.82) is 0 Å². The summed E-state index contributed by atoms with van der Waals surface area (Å²) in [7, 11) is 0. The molecule has 3 heteroatoms. The first-order chi connectivity index (χ1) is 13.1. The summed E-state index contributed by atoms with van der Waals surface area (Å²) in [6.07, 6.45) is 6.40. The molecule has 0 unspecified atom stereocenters. The van der Waals surface area contributed by atoms with E-state index < -0.39 is 17.5 Å². The molecule has 27 heavy (non-hydrogen) atoms. The van der Waals surface area contributed by atoms with Crippen LogP contribution in [-0.4, -0.2) is 0 Å². The Hall–Kier alpha value is -2.55. The third-order valence-corrected chi connectivity index (χ3v) is 5.46. The summed E-state index contributed by atoms with van der Waals surface area (Å²) >= 11 is 0. The van der Waals surface area contributed by atoms with E-state index in [1.54, 1.807) is 12.1 Å². The van der Waals surface area contributed by atoms with Crippen LogP contribution in [0.5, 0.6) is 0 Å². The largest absolute Gasteiger partial charge is 0.207 e. The van der Waals surface area contributed by atoms with Gasteiger partial charge in [-0.15, -0.1) is 0 Å². The zero-order valence-electron chi connectivity index (χ0n) is 15.0. The van der Waals surface area contributed by atoms with Gasteiger partial charge in [-0.05, 0) is 59.2 Å². The molecule has 0 bridgehead atoms. The van der Waals surface area contributed by atoms with Crippen LogP contribution in [0.1, 0.15) is 43.6 Å². The van der Waals surface area contributed by atoms with E-state index in [0.29, 0.717) is 5.92 Å². The van der Waals surface area contributed by atoms with Gasteiger partial charge in [0.05, 0.1) is 0 Å². The Balaban J connectivity index is 1.60. The minimum Gasteiger partial charge on any atom is -0.207 e. The molecule has 1 fully saturated rings. The number of hydrogen-bond acceptors (Lipinski definition) is 0. The Morgan fingerprint density at radius 1 is 0.593 bits per heavy atom. The number of benzene rings is 3. The van der Waals surface area contributed by atoms with Crippen LogP contribution in [0.2, 0.25) is 0 Å². The second kappa shape index (κ2) is 7.59. The van der Waals surface area contributed by atoms with Crippen LogP contribution in [-0.2, 0) is 0 Å². The first-order valence-corrected chi connectivity index (χ1v) is 9.46. The van der Waals surface area contributed by atoms with Crippen molar-refractivity contribution in [2.75, 3.05) is 0 Å². The molecule has 1 aliphatic carbocycles. The molecule has 0 N–H and O–H groups in total. The van der Waals surface area contributed by atoms with E-state index in [1.165, 1.54) is 43.7 Å². The van der Waals surface area contributed by atoms with Crippen LogP contribution in [0.15, 0.2) is 60.7 Å². The van der Waals surface area contributed by atoms with E-state index in [-0.39, 0.29) is 11.1 Å². The molecule has 0 amide bonds. The molecule has 0 heterocycles. The number of rotatable bonds is 3. The monoisotopic (exact) mass is 366 g/mol. The maximum absolute atomic E-state index is 14.6. The minimum absolute atomic E-state index is 0.191. The highest BCUT2D eigenvalue weighted by atomic mass is 19.1. The zero-order valence-corrected chi connectivity index (χ0v) is 15.0. The van der Waals surface area contributed by atoms with Crippen molar-refractivity contribution in [3.8, 4) is 22.3 Å². The maximum Gasteiger partial charge on any atom is 0.131 e. The van der Waals surface area contributed by atoms with Gasteiger partial charge >= 0.3 is 0 Å². The van der Waals surface area contributed by atoms with Crippen LogP contribution in [0.4, 0.5) is 13.2 Å². The van der Waals surface area contributed by atoms with Crippen molar-refractivity contribution < 1.29 is 13.2 Å². The molecule has 0 saturated heterocycles. The van der Waals surface area contributed by atoms with Crippen molar-refractivity contribution in [3.63, 3.8) is 0 Å². The minimum atomic E-state index is -0.716. The Labute approximate surface area is 157 Å². The molecule has 0 nitrogen and oxygen atoms in total. The highest BCUT2D eigenvalue weighted by Crippen LogP contribution is 2.34. The molecule has 3 aromatic rings. The van der Waals surface area contributed by atoms with Crippen LogP contribution in [0.25, 0.3) is 22.3 Å². The molecule has 3 aromatic carbocycles. The molecule has 138 valence electrons. The predicted molar refractivity (Wildman–Crippen MR) is 103 cm³/mol. The SMILES string of the molecule is Fc1cc(F)cc(-c2ccc(-c3ccc(C4CCCCC4)cc3)cc2F)c1. The average molecular weight is 366 g/mol. The molecule has 1 saturated carbocycles. The first kappa shape index (κ1) is 17.8. The predicted octanol–water partition coefficient (Wildman–Crippen LogP) is 7.49. The quantitative estimate of drug-likeness (QED) is 0.450. The summed E-state index contributed by atoms with van der Waals surface area (Å²) < 4.78 is 41.4. The van der Waals surface area contributed by atoms with Crippen molar-refractivity contribution >= 4 is 0 Å². The fourth-order valence-electron chi connectivity index (χ4n) is 4.02. The molecule has 4 rings (SSSR count). The van der Waals surface area contributed by atoms with Gasteiger partial charge < -0.3 is 0 Å². The molecule has 1 aliphatic rings. The fourth-order valence-corrected chi connectivity index (χ4v) is 4.02. The smallest absolute Gasteiger partial charge is 0.131 e. The Morgan fingerprint density at radius 2 is 1.22 bits per heavy atom. The van der Waals surface area contributed by atoms with Gasteiger partial charge in [0.15, 0.2) is 0 Å². The third kappa shape index (κ3) is 3.92. The van der Waals surface area contributed by atoms with Crippen molar-refractivity contribution in [3.05, 3.63) is 83.7 Å².